The van der Waals surface area contributed by atoms with Gasteiger partial charge in [-0.2, -0.15) is 5.10 Å². The number of aromatic nitrogens is 2. The van der Waals surface area contributed by atoms with Crippen molar-refractivity contribution in [1.29, 1.82) is 0 Å². The molecule has 3 rings (SSSR count). The lowest BCUT2D eigenvalue weighted by molar-refractivity contribution is 0.328. The molecule has 106 valence electrons. The fraction of sp³-hybridized carbons (Fsp3) is 0.438. The molecule has 0 saturated heterocycles. The van der Waals surface area contributed by atoms with Crippen molar-refractivity contribution in [3.8, 4) is 17.2 Å². The molecule has 2 aromatic rings. The van der Waals surface area contributed by atoms with Crippen LogP contribution in [-0.4, -0.2) is 16.9 Å². The molecule has 1 saturated carbocycles. The molecule has 1 aliphatic rings. The molecule has 0 aliphatic heterocycles. The van der Waals surface area contributed by atoms with Crippen LogP contribution in [0.1, 0.15) is 38.1 Å². The average Bonchev–Trinajstić information content (AvgIpc) is 2.97. The van der Waals surface area contributed by atoms with Crippen molar-refractivity contribution in [2.45, 2.75) is 38.1 Å². The monoisotopic (exact) mass is 272 g/mol. The Balaban J connectivity index is 1.70. The third kappa shape index (κ3) is 2.95. The number of hydrogen-bond donors (Lipinski definition) is 0. The third-order valence-corrected chi connectivity index (χ3v) is 3.80. The van der Waals surface area contributed by atoms with Crippen LogP contribution in [0.4, 0.5) is 0 Å². The summed E-state index contributed by atoms with van der Waals surface area (Å²) in [5, 5.41) is 4.44. The zero-order valence-corrected chi connectivity index (χ0v) is 11.8. The number of rotatable bonds is 4. The van der Waals surface area contributed by atoms with Gasteiger partial charge < -0.3 is 9.47 Å². The number of methoxy groups -OCH3 is 1. The van der Waals surface area contributed by atoms with E-state index in [1.54, 1.807) is 13.3 Å². The van der Waals surface area contributed by atoms with Crippen LogP contribution in [0, 0.1) is 0 Å². The number of nitrogens with zero attached hydrogens (tertiary/aromatic N) is 2. The van der Waals surface area contributed by atoms with Crippen molar-refractivity contribution in [1.82, 2.24) is 9.78 Å². The highest BCUT2D eigenvalue weighted by molar-refractivity contribution is 5.35. The van der Waals surface area contributed by atoms with E-state index < -0.39 is 0 Å². The lowest BCUT2D eigenvalue weighted by Crippen LogP contribution is -2.12. The van der Waals surface area contributed by atoms with E-state index in [0.29, 0.717) is 6.04 Å². The largest absolute Gasteiger partial charge is 0.497 e. The minimum absolute atomic E-state index is 0.534. The van der Waals surface area contributed by atoms with Gasteiger partial charge in [0.2, 0.25) is 0 Å². The Bertz CT molecular complexity index is 559. The summed E-state index contributed by atoms with van der Waals surface area (Å²) in [5.74, 6) is 2.35. The maximum atomic E-state index is 5.83. The maximum absolute atomic E-state index is 5.83. The van der Waals surface area contributed by atoms with Crippen molar-refractivity contribution in [3.05, 3.63) is 36.7 Å². The van der Waals surface area contributed by atoms with Crippen LogP contribution in [0.5, 0.6) is 17.2 Å². The Morgan fingerprint density at radius 2 is 1.90 bits per heavy atom. The molecule has 1 heterocycles. The fourth-order valence-electron chi connectivity index (χ4n) is 2.72. The van der Waals surface area contributed by atoms with E-state index in [-0.39, 0.29) is 0 Å². The molecule has 0 atom stereocenters. The Morgan fingerprint density at radius 3 is 2.70 bits per heavy atom. The quantitative estimate of drug-likeness (QED) is 0.837. The van der Waals surface area contributed by atoms with Gasteiger partial charge in [-0.25, -0.2) is 0 Å². The van der Waals surface area contributed by atoms with Crippen LogP contribution in [0.3, 0.4) is 0 Å². The van der Waals surface area contributed by atoms with Crippen molar-refractivity contribution in [2.24, 2.45) is 0 Å². The number of ether oxygens (including phenoxy) is 2. The minimum Gasteiger partial charge on any atom is -0.497 e. The summed E-state index contributed by atoms with van der Waals surface area (Å²) in [7, 11) is 1.65. The molecule has 0 radical (unpaired) electrons. The van der Waals surface area contributed by atoms with Gasteiger partial charge in [0.05, 0.1) is 25.5 Å². The standard InChI is InChI=1S/C16H20N2O2/c1-19-14-8-5-9-15(10-14)20-16-11-17-18(12-16)13-6-3-2-4-7-13/h5,8-13H,2-4,6-7H2,1H3. The summed E-state index contributed by atoms with van der Waals surface area (Å²) in [6.45, 7) is 0. The highest BCUT2D eigenvalue weighted by Gasteiger charge is 2.16. The van der Waals surface area contributed by atoms with Gasteiger partial charge in [-0.1, -0.05) is 25.3 Å². The van der Waals surface area contributed by atoms with Crippen LogP contribution in [0.2, 0.25) is 0 Å². The van der Waals surface area contributed by atoms with E-state index in [9.17, 15) is 0 Å². The summed E-state index contributed by atoms with van der Waals surface area (Å²) in [5.41, 5.74) is 0. The fourth-order valence-corrected chi connectivity index (χ4v) is 2.72. The first-order valence-corrected chi connectivity index (χ1v) is 7.21. The van der Waals surface area contributed by atoms with E-state index >= 15 is 0 Å². The van der Waals surface area contributed by atoms with Crippen molar-refractivity contribution >= 4 is 0 Å². The van der Waals surface area contributed by atoms with Crippen LogP contribution in [-0.2, 0) is 0 Å². The van der Waals surface area contributed by atoms with Crippen molar-refractivity contribution in [2.75, 3.05) is 7.11 Å². The van der Waals surface area contributed by atoms with Crippen molar-refractivity contribution in [3.63, 3.8) is 0 Å². The first kappa shape index (κ1) is 13.0. The molecule has 1 aromatic heterocycles. The second kappa shape index (κ2) is 5.99. The lowest BCUT2D eigenvalue weighted by Gasteiger charge is -2.21. The van der Waals surface area contributed by atoms with Gasteiger partial charge in [0.1, 0.15) is 11.5 Å². The van der Waals surface area contributed by atoms with Crippen LogP contribution in [0.25, 0.3) is 0 Å². The molecule has 0 N–H and O–H groups in total. The molecule has 0 bridgehead atoms. The van der Waals surface area contributed by atoms with Crippen LogP contribution < -0.4 is 9.47 Å². The molecule has 0 unspecified atom stereocenters. The summed E-state index contributed by atoms with van der Waals surface area (Å²) >= 11 is 0. The molecule has 1 aromatic carbocycles. The van der Waals surface area contributed by atoms with Crippen LogP contribution >= 0.6 is 0 Å². The van der Waals surface area contributed by atoms with Gasteiger partial charge in [0.15, 0.2) is 5.75 Å². The first-order valence-electron chi connectivity index (χ1n) is 7.21. The van der Waals surface area contributed by atoms with Gasteiger partial charge in [-0.15, -0.1) is 0 Å². The third-order valence-electron chi connectivity index (χ3n) is 3.80. The molecule has 0 amide bonds. The number of benzene rings is 1. The second-order valence-electron chi connectivity index (χ2n) is 5.23. The molecule has 1 fully saturated rings. The predicted octanol–water partition coefficient (Wildman–Crippen LogP) is 4.19. The van der Waals surface area contributed by atoms with E-state index in [2.05, 4.69) is 9.78 Å². The molecular weight excluding hydrogens is 252 g/mol. The second-order valence-corrected chi connectivity index (χ2v) is 5.23. The lowest BCUT2D eigenvalue weighted by atomic mass is 9.96. The van der Waals surface area contributed by atoms with Gasteiger partial charge in [0.25, 0.3) is 0 Å². The predicted molar refractivity (Wildman–Crippen MR) is 77.4 cm³/mol. The minimum atomic E-state index is 0.534. The molecule has 4 nitrogen and oxygen atoms in total. The average molecular weight is 272 g/mol. The zero-order chi connectivity index (χ0) is 13.8. The summed E-state index contributed by atoms with van der Waals surface area (Å²) in [6.07, 6.45) is 10.2. The maximum Gasteiger partial charge on any atom is 0.165 e. The van der Waals surface area contributed by atoms with E-state index in [1.165, 1.54) is 32.1 Å². The topological polar surface area (TPSA) is 36.3 Å². The van der Waals surface area contributed by atoms with Gasteiger partial charge in [-0.05, 0) is 25.0 Å². The highest BCUT2D eigenvalue weighted by atomic mass is 16.5. The molecule has 0 spiro atoms. The van der Waals surface area contributed by atoms with E-state index in [4.69, 9.17) is 9.47 Å². The number of hydrogen-bond acceptors (Lipinski definition) is 3. The molecule has 20 heavy (non-hydrogen) atoms. The molecule has 4 heteroatoms. The Kier molecular flexibility index (Phi) is 3.90. The van der Waals surface area contributed by atoms with E-state index in [1.807, 2.05) is 30.5 Å². The summed E-state index contributed by atoms with van der Waals surface area (Å²) in [6, 6.07) is 8.14. The van der Waals surface area contributed by atoms with E-state index in [0.717, 1.165) is 17.2 Å². The van der Waals surface area contributed by atoms with Crippen molar-refractivity contribution < 1.29 is 9.47 Å². The van der Waals surface area contributed by atoms with Gasteiger partial charge in [-0.3, -0.25) is 4.68 Å². The summed E-state index contributed by atoms with van der Waals surface area (Å²) in [4.78, 5) is 0. The van der Waals surface area contributed by atoms with Gasteiger partial charge >= 0.3 is 0 Å². The highest BCUT2D eigenvalue weighted by Crippen LogP contribution is 2.30. The molecular formula is C16H20N2O2. The Labute approximate surface area is 119 Å². The SMILES string of the molecule is COc1cccc(Oc2cnn(C3CCCCC3)c2)c1. The zero-order valence-electron chi connectivity index (χ0n) is 11.8. The normalized spacial score (nSPS) is 16.1. The first-order chi connectivity index (χ1) is 9.85. The Morgan fingerprint density at radius 1 is 1.10 bits per heavy atom. The van der Waals surface area contributed by atoms with Gasteiger partial charge in [0, 0.05) is 6.07 Å². The Hall–Kier alpha value is -1.97. The molecule has 1 aliphatic carbocycles. The summed E-state index contributed by atoms with van der Waals surface area (Å²) < 4.78 is 13.1. The van der Waals surface area contributed by atoms with Crippen LogP contribution in [0.15, 0.2) is 36.7 Å². The smallest absolute Gasteiger partial charge is 0.165 e.